The number of aryl methyl sites for hydroxylation is 3. The third-order valence-corrected chi connectivity index (χ3v) is 3.05. The van der Waals surface area contributed by atoms with E-state index in [1.54, 1.807) is 0 Å². The molecule has 0 amide bonds. The van der Waals surface area contributed by atoms with Gasteiger partial charge in [-0.15, -0.1) is 0 Å². The van der Waals surface area contributed by atoms with Crippen molar-refractivity contribution in [3.63, 3.8) is 0 Å². The molecule has 0 saturated carbocycles. The van der Waals surface area contributed by atoms with Gasteiger partial charge in [0, 0.05) is 18.3 Å². The summed E-state index contributed by atoms with van der Waals surface area (Å²) in [5.41, 5.74) is 10.7. The highest BCUT2D eigenvalue weighted by atomic mass is 14.9. The van der Waals surface area contributed by atoms with Crippen LogP contribution < -0.4 is 5.73 Å². The van der Waals surface area contributed by atoms with Gasteiger partial charge in [-0.25, -0.2) is 4.98 Å². The molecule has 0 fully saturated rings. The third-order valence-electron chi connectivity index (χ3n) is 3.05. The molecule has 2 aromatic heterocycles. The molecule has 0 unspecified atom stereocenters. The summed E-state index contributed by atoms with van der Waals surface area (Å²) in [5.74, 6) is 0.500. The van der Waals surface area contributed by atoms with E-state index in [9.17, 15) is 0 Å². The van der Waals surface area contributed by atoms with Gasteiger partial charge in [0.15, 0.2) is 0 Å². The largest absolute Gasteiger partial charge is 0.382 e. The van der Waals surface area contributed by atoms with Crippen LogP contribution in [0.25, 0.3) is 0 Å². The summed E-state index contributed by atoms with van der Waals surface area (Å²) in [7, 11) is 0. The molecule has 0 bridgehead atoms. The molecule has 0 radical (unpaired) electrons. The molecular formula is C14H18N4. The van der Waals surface area contributed by atoms with Gasteiger partial charge in [-0.1, -0.05) is 13.0 Å². The van der Waals surface area contributed by atoms with E-state index in [0.29, 0.717) is 12.2 Å². The Balaban J connectivity index is 2.25. The number of nitrogens with zero attached hydrogens (tertiary/aromatic N) is 3. The Labute approximate surface area is 107 Å². The van der Waals surface area contributed by atoms with Gasteiger partial charge >= 0.3 is 0 Å². The van der Waals surface area contributed by atoms with Gasteiger partial charge in [0.1, 0.15) is 5.82 Å². The second-order valence-corrected chi connectivity index (χ2v) is 4.41. The Bertz CT molecular complexity index is 546. The molecule has 4 nitrogen and oxygen atoms in total. The normalized spacial score (nSPS) is 10.6. The SMILES string of the molecule is CCc1ccc(Cc2nc(C)c(C)nc2N)nc1. The van der Waals surface area contributed by atoms with Crippen LogP contribution in [0.2, 0.25) is 0 Å². The fraction of sp³-hybridized carbons (Fsp3) is 0.357. The summed E-state index contributed by atoms with van der Waals surface area (Å²) in [5, 5.41) is 0. The van der Waals surface area contributed by atoms with Crippen molar-refractivity contribution in [2.24, 2.45) is 0 Å². The highest BCUT2D eigenvalue weighted by Crippen LogP contribution is 2.14. The van der Waals surface area contributed by atoms with Crippen molar-refractivity contribution in [3.05, 3.63) is 46.7 Å². The first-order chi connectivity index (χ1) is 8.60. The van der Waals surface area contributed by atoms with Crippen molar-refractivity contribution in [3.8, 4) is 0 Å². The standard InChI is InChI=1S/C14H18N4/c1-4-11-5-6-12(16-8-11)7-13-14(15)18-10(3)9(2)17-13/h5-6,8H,4,7H2,1-3H3,(H2,15,18). The smallest absolute Gasteiger partial charge is 0.145 e. The van der Waals surface area contributed by atoms with Crippen LogP contribution in [0.5, 0.6) is 0 Å². The summed E-state index contributed by atoms with van der Waals surface area (Å²) in [6.07, 6.45) is 3.53. The van der Waals surface area contributed by atoms with Gasteiger partial charge in [-0.05, 0) is 31.9 Å². The minimum Gasteiger partial charge on any atom is -0.382 e. The molecule has 2 N–H and O–H groups in total. The molecule has 94 valence electrons. The summed E-state index contributed by atoms with van der Waals surface area (Å²) < 4.78 is 0. The molecule has 18 heavy (non-hydrogen) atoms. The first kappa shape index (κ1) is 12.5. The molecule has 2 rings (SSSR count). The van der Waals surface area contributed by atoms with Crippen LogP contribution in [0.3, 0.4) is 0 Å². The molecule has 0 atom stereocenters. The highest BCUT2D eigenvalue weighted by molar-refractivity contribution is 5.38. The zero-order valence-electron chi connectivity index (χ0n) is 11.1. The Kier molecular flexibility index (Phi) is 3.55. The van der Waals surface area contributed by atoms with Crippen LogP contribution >= 0.6 is 0 Å². The van der Waals surface area contributed by atoms with Gasteiger partial charge < -0.3 is 5.73 Å². The third kappa shape index (κ3) is 2.64. The maximum absolute atomic E-state index is 5.89. The lowest BCUT2D eigenvalue weighted by molar-refractivity contribution is 0.940. The van der Waals surface area contributed by atoms with Crippen LogP contribution in [0.15, 0.2) is 18.3 Å². The number of hydrogen-bond acceptors (Lipinski definition) is 4. The zero-order chi connectivity index (χ0) is 13.1. The number of aromatic nitrogens is 3. The molecule has 2 heterocycles. The predicted octanol–water partition coefficient (Wildman–Crippen LogP) is 2.22. The van der Waals surface area contributed by atoms with Gasteiger partial charge in [0.25, 0.3) is 0 Å². The van der Waals surface area contributed by atoms with E-state index in [2.05, 4.69) is 27.9 Å². The quantitative estimate of drug-likeness (QED) is 0.896. The fourth-order valence-electron chi connectivity index (χ4n) is 1.74. The number of rotatable bonds is 3. The van der Waals surface area contributed by atoms with Crippen molar-refractivity contribution >= 4 is 5.82 Å². The first-order valence-corrected chi connectivity index (χ1v) is 6.13. The lowest BCUT2D eigenvalue weighted by Gasteiger charge is -2.07. The van der Waals surface area contributed by atoms with E-state index in [-0.39, 0.29) is 0 Å². The van der Waals surface area contributed by atoms with E-state index in [0.717, 1.165) is 29.2 Å². The fourth-order valence-corrected chi connectivity index (χ4v) is 1.74. The Morgan fingerprint density at radius 2 is 1.83 bits per heavy atom. The van der Waals surface area contributed by atoms with Crippen LogP contribution in [0.4, 0.5) is 5.82 Å². The van der Waals surface area contributed by atoms with Crippen LogP contribution in [-0.2, 0) is 12.8 Å². The summed E-state index contributed by atoms with van der Waals surface area (Å²) in [6.45, 7) is 5.97. The second kappa shape index (κ2) is 5.12. The van der Waals surface area contributed by atoms with E-state index < -0.39 is 0 Å². The first-order valence-electron chi connectivity index (χ1n) is 6.13. The maximum Gasteiger partial charge on any atom is 0.145 e. The summed E-state index contributed by atoms with van der Waals surface area (Å²) in [6, 6.07) is 4.11. The Morgan fingerprint density at radius 3 is 2.44 bits per heavy atom. The van der Waals surface area contributed by atoms with Gasteiger partial charge in [0.05, 0.1) is 17.1 Å². The van der Waals surface area contributed by atoms with E-state index in [1.807, 2.05) is 26.1 Å². The summed E-state index contributed by atoms with van der Waals surface area (Å²) >= 11 is 0. The number of nitrogen functional groups attached to an aromatic ring is 1. The molecule has 0 aliphatic heterocycles. The summed E-state index contributed by atoms with van der Waals surface area (Å²) in [4.78, 5) is 13.2. The maximum atomic E-state index is 5.89. The average molecular weight is 242 g/mol. The molecule has 0 spiro atoms. The molecule has 0 aliphatic rings. The second-order valence-electron chi connectivity index (χ2n) is 4.41. The molecule has 0 saturated heterocycles. The van der Waals surface area contributed by atoms with E-state index >= 15 is 0 Å². The van der Waals surface area contributed by atoms with Crippen LogP contribution in [0, 0.1) is 13.8 Å². The van der Waals surface area contributed by atoms with E-state index in [1.165, 1.54) is 5.56 Å². The number of hydrogen-bond donors (Lipinski definition) is 1. The van der Waals surface area contributed by atoms with Gasteiger partial charge in [-0.3, -0.25) is 9.97 Å². The number of nitrogens with two attached hydrogens (primary N) is 1. The number of anilines is 1. The van der Waals surface area contributed by atoms with Crippen LogP contribution in [0.1, 0.15) is 35.3 Å². The Hall–Kier alpha value is -1.97. The van der Waals surface area contributed by atoms with Crippen LogP contribution in [-0.4, -0.2) is 15.0 Å². The van der Waals surface area contributed by atoms with Crippen molar-refractivity contribution in [1.82, 2.24) is 15.0 Å². The predicted molar refractivity (Wildman–Crippen MR) is 72.3 cm³/mol. The minimum atomic E-state index is 0.500. The number of pyridine rings is 1. The molecule has 0 aliphatic carbocycles. The average Bonchev–Trinajstić information content (AvgIpc) is 2.37. The lowest BCUT2D eigenvalue weighted by Crippen LogP contribution is -2.06. The van der Waals surface area contributed by atoms with Gasteiger partial charge in [0.2, 0.25) is 0 Å². The van der Waals surface area contributed by atoms with Gasteiger partial charge in [-0.2, -0.15) is 0 Å². The van der Waals surface area contributed by atoms with E-state index in [4.69, 9.17) is 5.73 Å². The lowest BCUT2D eigenvalue weighted by atomic mass is 10.1. The zero-order valence-corrected chi connectivity index (χ0v) is 11.1. The van der Waals surface area contributed by atoms with Crippen molar-refractivity contribution in [2.75, 3.05) is 5.73 Å². The molecule has 2 aromatic rings. The highest BCUT2D eigenvalue weighted by Gasteiger charge is 2.07. The Morgan fingerprint density at radius 1 is 1.11 bits per heavy atom. The topological polar surface area (TPSA) is 64.7 Å². The monoisotopic (exact) mass is 242 g/mol. The van der Waals surface area contributed by atoms with Crippen molar-refractivity contribution in [1.29, 1.82) is 0 Å². The molecule has 0 aromatic carbocycles. The van der Waals surface area contributed by atoms with Crippen molar-refractivity contribution in [2.45, 2.75) is 33.6 Å². The minimum absolute atomic E-state index is 0.500. The molecule has 4 heteroatoms. The molecular weight excluding hydrogens is 224 g/mol. The van der Waals surface area contributed by atoms with Crippen molar-refractivity contribution < 1.29 is 0 Å².